The Balaban J connectivity index is 1.87. The van der Waals surface area contributed by atoms with Crippen LogP contribution in [0.4, 0.5) is 4.39 Å². The zero-order chi connectivity index (χ0) is 15.5. The summed E-state index contributed by atoms with van der Waals surface area (Å²) in [7, 11) is 1.86. The van der Waals surface area contributed by atoms with Crippen LogP contribution in [0.3, 0.4) is 0 Å². The van der Waals surface area contributed by atoms with Crippen molar-refractivity contribution in [2.75, 3.05) is 0 Å². The molecule has 112 valence electrons. The van der Waals surface area contributed by atoms with Gasteiger partial charge < -0.3 is 4.57 Å². The Morgan fingerprint density at radius 3 is 2.41 bits per heavy atom. The molecule has 0 radical (unpaired) electrons. The Bertz CT molecular complexity index is 771. The standard InChI is InChI=1S/C17H16FN3S/c1-12(13-8-4-3-5-9-13)22-17-20-19-16(21(17)2)14-10-6-7-11-15(14)18/h3-12H,1-2H3. The highest BCUT2D eigenvalue weighted by atomic mass is 32.2. The van der Waals surface area contributed by atoms with E-state index in [9.17, 15) is 4.39 Å². The number of thioether (sulfide) groups is 1. The molecule has 1 heterocycles. The van der Waals surface area contributed by atoms with E-state index in [1.807, 2.05) is 29.8 Å². The zero-order valence-corrected chi connectivity index (χ0v) is 13.2. The molecule has 0 aliphatic carbocycles. The van der Waals surface area contributed by atoms with Gasteiger partial charge in [0, 0.05) is 12.3 Å². The second-order valence-electron chi connectivity index (χ2n) is 5.02. The van der Waals surface area contributed by atoms with Crippen LogP contribution >= 0.6 is 11.8 Å². The molecule has 0 amide bonds. The van der Waals surface area contributed by atoms with Gasteiger partial charge in [-0.15, -0.1) is 10.2 Å². The molecule has 0 aliphatic heterocycles. The van der Waals surface area contributed by atoms with E-state index in [2.05, 4.69) is 29.3 Å². The molecular weight excluding hydrogens is 297 g/mol. The van der Waals surface area contributed by atoms with Crippen molar-refractivity contribution in [2.45, 2.75) is 17.3 Å². The molecule has 0 fully saturated rings. The molecule has 3 aromatic rings. The molecule has 0 saturated carbocycles. The van der Waals surface area contributed by atoms with Crippen molar-refractivity contribution in [3.8, 4) is 11.4 Å². The van der Waals surface area contributed by atoms with E-state index in [0.29, 0.717) is 11.4 Å². The van der Waals surface area contributed by atoms with Crippen LogP contribution in [0.15, 0.2) is 59.8 Å². The lowest BCUT2D eigenvalue weighted by Crippen LogP contribution is -1.98. The number of benzene rings is 2. The first-order chi connectivity index (χ1) is 10.7. The molecule has 22 heavy (non-hydrogen) atoms. The zero-order valence-electron chi connectivity index (χ0n) is 12.4. The van der Waals surface area contributed by atoms with Gasteiger partial charge in [0.1, 0.15) is 5.82 Å². The van der Waals surface area contributed by atoms with Crippen LogP contribution in [0.1, 0.15) is 17.7 Å². The smallest absolute Gasteiger partial charge is 0.191 e. The number of halogens is 1. The minimum Gasteiger partial charge on any atom is -0.305 e. The van der Waals surface area contributed by atoms with Gasteiger partial charge in [-0.2, -0.15) is 0 Å². The molecular formula is C17H16FN3S. The van der Waals surface area contributed by atoms with E-state index in [1.54, 1.807) is 30.0 Å². The maximum absolute atomic E-state index is 13.9. The highest BCUT2D eigenvalue weighted by Gasteiger charge is 2.17. The van der Waals surface area contributed by atoms with Crippen LogP contribution in [-0.2, 0) is 7.05 Å². The van der Waals surface area contributed by atoms with Gasteiger partial charge >= 0.3 is 0 Å². The van der Waals surface area contributed by atoms with Crippen LogP contribution in [0.25, 0.3) is 11.4 Å². The van der Waals surface area contributed by atoms with Crippen LogP contribution < -0.4 is 0 Å². The number of nitrogens with zero attached hydrogens (tertiary/aromatic N) is 3. The topological polar surface area (TPSA) is 30.7 Å². The second kappa shape index (κ2) is 6.32. The third-order valence-corrected chi connectivity index (χ3v) is 4.69. The normalized spacial score (nSPS) is 12.3. The van der Waals surface area contributed by atoms with Gasteiger partial charge in [-0.1, -0.05) is 54.2 Å². The van der Waals surface area contributed by atoms with E-state index in [0.717, 1.165) is 5.16 Å². The SMILES string of the molecule is CC(Sc1nnc(-c2ccccc2F)n1C)c1ccccc1. The van der Waals surface area contributed by atoms with Crippen molar-refractivity contribution < 1.29 is 4.39 Å². The molecule has 1 atom stereocenters. The maximum Gasteiger partial charge on any atom is 0.191 e. The van der Waals surface area contributed by atoms with Gasteiger partial charge in [-0.25, -0.2) is 4.39 Å². The first-order valence-corrected chi connectivity index (χ1v) is 7.90. The van der Waals surface area contributed by atoms with E-state index >= 15 is 0 Å². The summed E-state index contributed by atoms with van der Waals surface area (Å²) in [5.74, 6) is 0.256. The van der Waals surface area contributed by atoms with Gasteiger partial charge in [0.05, 0.1) is 5.56 Å². The largest absolute Gasteiger partial charge is 0.305 e. The summed E-state index contributed by atoms with van der Waals surface area (Å²) in [6.07, 6.45) is 0. The quantitative estimate of drug-likeness (QED) is 0.666. The summed E-state index contributed by atoms with van der Waals surface area (Å²) in [6.45, 7) is 2.12. The Hall–Kier alpha value is -2.14. The average molecular weight is 313 g/mol. The summed E-state index contributed by atoms with van der Waals surface area (Å²) in [5.41, 5.74) is 1.69. The molecule has 0 spiro atoms. The molecule has 0 bridgehead atoms. The van der Waals surface area contributed by atoms with Crippen molar-refractivity contribution in [2.24, 2.45) is 7.05 Å². The van der Waals surface area contributed by atoms with Crippen molar-refractivity contribution in [1.82, 2.24) is 14.8 Å². The Morgan fingerprint density at radius 1 is 1.00 bits per heavy atom. The number of hydrogen-bond acceptors (Lipinski definition) is 3. The van der Waals surface area contributed by atoms with Crippen molar-refractivity contribution in [3.05, 3.63) is 66.0 Å². The fourth-order valence-electron chi connectivity index (χ4n) is 2.24. The van der Waals surface area contributed by atoms with Crippen molar-refractivity contribution >= 4 is 11.8 Å². The molecule has 3 nitrogen and oxygen atoms in total. The van der Waals surface area contributed by atoms with Gasteiger partial charge in [-0.3, -0.25) is 0 Å². The lowest BCUT2D eigenvalue weighted by molar-refractivity contribution is 0.628. The van der Waals surface area contributed by atoms with Crippen LogP contribution in [0.2, 0.25) is 0 Å². The molecule has 0 saturated heterocycles. The number of rotatable bonds is 4. The summed E-state index contributed by atoms with van der Waals surface area (Å²) < 4.78 is 15.7. The highest BCUT2D eigenvalue weighted by Crippen LogP contribution is 2.34. The van der Waals surface area contributed by atoms with Crippen molar-refractivity contribution in [1.29, 1.82) is 0 Å². The summed E-state index contributed by atoms with van der Waals surface area (Å²) in [5, 5.41) is 9.37. The fraction of sp³-hybridized carbons (Fsp3) is 0.176. The molecule has 1 unspecified atom stereocenters. The Labute approximate surface area is 133 Å². The third-order valence-electron chi connectivity index (χ3n) is 3.50. The molecule has 5 heteroatoms. The minimum absolute atomic E-state index is 0.248. The minimum atomic E-state index is -0.286. The van der Waals surface area contributed by atoms with E-state index < -0.39 is 0 Å². The average Bonchev–Trinajstić information content (AvgIpc) is 2.90. The second-order valence-corrected chi connectivity index (χ2v) is 6.32. The summed E-state index contributed by atoms with van der Waals surface area (Å²) >= 11 is 1.61. The van der Waals surface area contributed by atoms with Gasteiger partial charge in [0.15, 0.2) is 11.0 Å². The van der Waals surface area contributed by atoms with Gasteiger partial charge in [0.25, 0.3) is 0 Å². The summed E-state index contributed by atoms with van der Waals surface area (Å²) in [6, 6.07) is 16.8. The number of aromatic nitrogens is 3. The lowest BCUT2D eigenvalue weighted by Gasteiger charge is -2.11. The predicted molar refractivity (Wildman–Crippen MR) is 87.1 cm³/mol. The molecule has 3 rings (SSSR count). The van der Waals surface area contributed by atoms with Crippen molar-refractivity contribution in [3.63, 3.8) is 0 Å². The lowest BCUT2D eigenvalue weighted by atomic mass is 10.2. The van der Waals surface area contributed by atoms with E-state index in [1.165, 1.54) is 11.6 Å². The highest BCUT2D eigenvalue weighted by molar-refractivity contribution is 7.99. The fourth-order valence-corrected chi connectivity index (χ4v) is 3.19. The van der Waals surface area contributed by atoms with Gasteiger partial charge in [0.2, 0.25) is 0 Å². The monoisotopic (exact) mass is 313 g/mol. The van der Waals surface area contributed by atoms with Crippen LogP contribution in [0.5, 0.6) is 0 Å². The first kappa shape index (κ1) is 14.8. The Kier molecular flexibility index (Phi) is 4.24. The predicted octanol–water partition coefficient (Wildman–Crippen LogP) is 4.47. The van der Waals surface area contributed by atoms with E-state index in [-0.39, 0.29) is 11.1 Å². The molecule has 0 aliphatic rings. The third kappa shape index (κ3) is 2.90. The maximum atomic E-state index is 13.9. The van der Waals surface area contributed by atoms with Gasteiger partial charge in [-0.05, 0) is 24.6 Å². The molecule has 1 aromatic heterocycles. The van der Waals surface area contributed by atoms with Crippen LogP contribution in [0, 0.1) is 5.82 Å². The molecule has 0 N–H and O–H groups in total. The Morgan fingerprint density at radius 2 is 1.68 bits per heavy atom. The van der Waals surface area contributed by atoms with E-state index in [4.69, 9.17) is 0 Å². The number of hydrogen-bond donors (Lipinski definition) is 0. The van der Waals surface area contributed by atoms with Crippen LogP contribution in [-0.4, -0.2) is 14.8 Å². The molecule has 2 aromatic carbocycles. The summed E-state index contributed by atoms with van der Waals surface area (Å²) in [4.78, 5) is 0. The first-order valence-electron chi connectivity index (χ1n) is 7.02.